The van der Waals surface area contributed by atoms with Crippen molar-refractivity contribution in [3.8, 4) is 11.5 Å². The molecule has 1 amide bonds. The fraction of sp³-hybridized carbons (Fsp3) is 0.491. The van der Waals surface area contributed by atoms with Crippen molar-refractivity contribution < 1.29 is 72.5 Å². The SMILES string of the molecule is CO[C@H]1/C=C/O[C@@]2(C)Oc3c(C)c(O)c4c(c3C2=O)C(=O)C(N2CC3CN(c5c(F)cn6c(=O)c(C(=O)O)cc(C7CC7)c6c5C)CC3C2)=C(NC(=O)/C(C)=C\C=C\[C@H](C)[C@H](O)[C@@H](C)[C@@H](O)[C@@H](C)[C@H](OC(C)=O)[C@@H]1C)C4=O. The number of pyridine rings is 2. The number of nitrogens with one attached hydrogen (secondary N) is 1. The molecule has 3 fully saturated rings. The highest BCUT2D eigenvalue weighted by molar-refractivity contribution is 6.32. The maximum Gasteiger partial charge on any atom is 0.341 e. The lowest BCUT2D eigenvalue weighted by Gasteiger charge is -2.38. The first-order valence-electron chi connectivity index (χ1n) is 26.0. The zero-order chi connectivity index (χ0) is 56.0. The van der Waals surface area contributed by atoms with Crippen molar-refractivity contribution in [1.29, 1.82) is 0 Å². The Bertz CT molecular complexity index is 3230. The van der Waals surface area contributed by atoms with Gasteiger partial charge in [0, 0.05) is 93.8 Å². The van der Waals surface area contributed by atoms with Crippen LogP contribution in [0.25, 0.3) is 5.52 Å². The zero-order valence-corrected chi connectivity index (χ0v) is 44.6. The third kappa shape index (κ3) is 9.30. The number of aliphatic hydroxyl groups excluding tert-OH is 2. The molecule has 1 saturated carbocycles. The number of rotatable bonds is 6. The minimum absolute atomic E-state index is 0.0147. The molecule has 11 atom stereocenters. The van der Waals surface area contributed by atoms with Crippen molar-refractivity contribution in [2.24, 2.45) is 35.5 Å². The first-order chi connectivity index (χ1) is 36.3. The van der Waals surface area contributed by atoms with Crippen LogP contribution in [0, 0.1) is 55.2 Å². The number of benzene rings is 1. The number of phenols is 1. The number of esters is 1. The van der Waals surface area contributed by atoms with E-state index in [0.29, 0.717) is 16.6 Å². The highest BCUT2D eigenvalue weighted by Gasteiger charge is 2.54. The highest BCUT2D eigenvalue weighted by Crippen LogP contribution is 2.50. The monoisotopic (exact) mass is 1060 g/mol. The number of ketones is 3. The number of nitrogens with zero attached hydrogens (tertiary/aromatic N) is 3. The predicted molar refractivity (Wildman–Crippen MR) is 276 cm³/mol. The van der Waals surface area contributed by atoms with Crippen molar-refractivity contribution in [3.05, 3.63) is 115 Å². The topological polar surface area (TPSA) is 260 Å². The summed E-state index contributed by atoms with van der Waals surface area (Å²) in [6.07, 6.45) is 5.72. The largest absolute Gasteiger partial charge is 0.507 e. The molecule has 7 heterocycles. The molecule has 2 saturated heterocycles. The van der Waals surface area contributed by atoms with E-state index < -0.39 is 129 Å². The Morgan fingerprint density at radius 2 is 1.51 bits per heavy atom. The summed E-state index contributed by atoms with van der Waals surface area (Å²) in [5.74, 6) is -12.5. The van der Waals surface area contributed by atoms with E-state index in [4.69, 9.17) is 18.9 Å². The molecule has 0 radical (unpaired) electrons. The van der Waals surface area contributed by atoms with Crippen LogP contribution in [0.4, 0.5) is 10.1 Å². The molecule has 5 bridgehead atoms. The summed E-state index contributed by atoms with van der Waals surface area (Å²) in [5, 5.41) is 47.5. The highest BCUT2D eigenvalue weighted by atomic mass is 19.1. The van der Waals surface area contributed by atoms with Gasteiger partial charge in [-0.1, -0.05) is 45.9 Å². The number of phenolic OH excluding ortho intramolecular Hbond substituents is 1. The molecule has 77 heavy (non-hydrogen) atoms. The van der Waals surface area contributed by atoms with Gasteiger partial charge >= 0.3 is 17.7 Å². The summed E-state index contributed by atoms with van der Waals surface area (Å²) in [6.45, 7) is 14.7. The standard InChI is InChI=1S/C57H65FN4O15/c1-24-12-11-13-25(2)54(70)59-42-45(61-21-33-19-60(20-34(33)22-61)44-27(4)43-35(32-14-15-32)18-36(56(72)73)55(71)62(43)23-37(44)58)50(68)39-40(49(42)67)48(66)30(7)52-41(39)53(69)57(9,77-52)75-17-16-38(74-10)26(3)51(76-31(8)63)29(6)47(65)28(5)46(24)64/h11-13,16-18,23-24,26,28-29,32-34,38,46-47,51,64-66H,14-15,19-22H2,1-10H3,(H,59,70)(H,72,73)/b12-11+,17-16+,25-13-/t24-,26+,28+,29+,33?,34?,38-,46-,47+,51+,57-/m0/s1. The van der Waals surface area contributed by atoms with Gasteiger partial charge in [0.05, 0.1) is 58.7 Å². The van der Waals surface area contributed by atoms with E-state index in [1.165, 1.54) is 59.1 Å². The predicted octanol–water partition coefficient (Wildman–Crippen LogP) is 5.66. The zero-order valence-electron chi connectivity index (χ0n) is 44.6. The molecule has 2 aromatic heterocycles. The number of likely N-dealkylation sites (tertiary alicyclic amines) is 1. The lowest BCUT2D eigenvalue weighted by atomic mass is 9.78. The van der Waals surface area contributed by atoms with Crippen molar-refractivity contribution >= 4 is 46.4 Å². The van der Waals surface area contributed by atoms with Crippen LogP contribution in [0.1, 0.15) is 125 Å². The number of ether oxygens (including phenoxy) is 4. The van der Waals surface area contributed by atoms with Gasteiger partial charge in [-0.2, -0.15) is 0 Å². The van der Waals surface area contributed by atoms with Crippen LogP contribution in [-0.4, -0.2) is 128 Å². The molecular weight excluding hydrogens is 1000 g/mol. The first-order valence-corrected chi connectivity index (χ1v) is 26.0. The van der Waals surface area contributed by atoms with Gasteiger partial charge in [-0.05, 0) is 62.8 Å². The number of carbonyl (C=O) groups is 6. The lowest BCUT2D eigenvalue weighted by molar-refractivity contribution is -0.160. The molecule has 1 aromatic carbocycles. The number of aryl methyl sites for hydroxylation is 1. The van der Waals surface area contributed by atoms with Crippen LogP contribution in [0.3, 0.4) is 0 Å². The molecule has 410 valence electrons. The van der Waals surface area contributed by atoms with Crippen molar-refractivity contribution in [3.63, 3.8) is 0 Å². The number of carboxylic acid groups (broad SMARTS) is 1. The second-order valence-corrected chi connectivity index (χ2v) is 21.9. The van der Waals surface area contributed by atoms with Gasteiger partial charge in [-0.25, -0.2) is 9.18 Å². The fourth-order valence-corrected chi connectivity index (χ4v) is 12.2. The van der Waals surface area contributed by atoms with E-state index >= 15 is 14.0 Å². The van der Waals surface area contributed by atoms with E-state index in [0.717, 1.165) is 29.7 Å². The third-order valence-electron chi connectivity index (χ3n) is 16.7. The van der Waals surface area contributed by atoms with E-state index in [2.05, 4.69) is 5.32 Å². The average molecular weight is 1070 g/mol. The van der Waals surface area contributed by atoms with Crippen LogP contribution >= 0.6 is 0 Å². The molecule has 3 aromatic rings. The van der Waals surface area contributed by atoms with Crippen LogP contribution in [-0.2, 0) is 23.8 Å². The normalized spacial score (nSPS) is 31.4. The fourth-order valence-electron chi connectivity index (χ4n) is 12.2. The Morgan fingerprint density at radius 1 is 0.857 bits per heavy atom. The number of aliphatic hydroxyl groups is 2. The second-order valence-electron chi connectivity index (χ2n) is 21.9. The quantitative estimate of drug-likeness (QED) is 0.187. The summed E-state index contributed by atoms with van der Waals surface area (Å²) in [6, 6.07) is 1.40. The van der Waals surface area contributed by atoms with Crippen molar-refractivity contribution in [2.75, 3.05) is 38.2 Å². The maximum atomic E-state index is 16.4. The molecule has 5 aliphatic heterocycles. The molecule has 2 aliphatic carbocycles. The molecule has 2 unspecified atom stereocenters. The minimum atomic E-state index is -2.17. The van der Waals surface area contributed by atoms with Crippen LogP contribution < -0.4 is 20.5 Å². The minimum Gasteiger partial charge on any atom is -0.507 e. The number of methoxy groups -OCH3 is 1. The second kappa shape index (κ2) is 20.3. The number of allylic oxidation sites excluding steroid dienone is 4. The Labute approximate surface area is 443 Å². The van der Waals surface area contributed by atoms with Gasteiger partial charge < -0.3 is 54.5 Å². The first kappa shape index (κ1) is 54.6. The summed E-state index contributed by atoms with van der Waals surface area (Å²) < 4.78 is 41.3. The maximum absolute atomic E-state index is 16.4. The number of carbonyl (C=O) groups excluding carboxylic acids is 5. The number of aromatic hydroxyl groups is 1. The molecular formula is C57H65FN4O15. The van der Waals surface area contributed by atoms with Crippen LogP contribution in [0.2, 0.25) is 0 Å². The molecule has 5 N–H and O–H groups in total. The number of amides is 1. The third-order valence-corrected chi connectivity index (χ3v) is 16.7. The van der Waals surface area contributed by atoms with Crippen molar-refractivity contribution in [1.82, 2.24) is 14.6 Å². The van der Waals surface area contributed by atoms with Crippen LogP contribution in [0.5, 0.6) is 11.5 Å². The Kier molecular flexibility index (Phi) is 14.4. The van der Waals surface area contributed by atoms with E-state index in [1.54, 1.807) is 45.6 Å². The Hall–Kier alpha value is -7.16. The number of hydrogen-bond donors (Lipinski definition) is 5. The van der Waals surface area contributed by atoms with Gasteiger partial charge in [0.15, 0.2) is 5.82 Å². The number of anilines is 1. The number of hydrogen-bond acceptors (Lipinski definition) is 16. The summed E-state index contributed by atoms with van der Waals surface area (Å²) in [7, 11) is 1.41. The Morgan fingerprint density at radius 3 is 2.12 bits per heavy atom. The number of aromatic nitrogens is 1. The molecule has 20 heteroatoms. The van der Waals surface area contributed by atoms with Gasteiger partial charge in [-0.15, -0.1) is 0 Å². The summed E-state index contributed by atoms with van der Waals surface area (Å²) in [4.78, 5) is 101. The Balaban J connectivity index is 1.10. The number of halogens is 1. The van der Waals surface area contributed by atoms with E-state index in [1.807, 2.05) is 4.90 Å². The van der Waals surface area contributed by atoms with Gasteiger partial charge in [0.2, 0.25) is 11.6 Å². The average Bonchev–Trinajstić information content (AvgIpc) is 4.11. The number of fused-ring (bicyclic) bond motifs is 16. The molecule has 7 aliphatic rings. The van der Waals surface area contributed by atoms with Crippen LogP contribution in [0.15, 0.2) is 64.6 Å². The molecule has 10 rings (SSSR count). The lowest BCUT2D eigenvalue weighted by Crippen LogP contribution is -2.46. The summed E-state index contributed by atoms with van der Waals surface area (Å²) in [5.41, 5.74) is -1.41. The number of Topliss-reactive ketones (excluding diaryl/α,β-unsaturated/α-hetero) is 3. The van der Waals surface area contributed by atoms with Gasteiger partial charge in [0.25, 0.3) is 17.2 Å². The molecule has 19 nitrogen and oxygen atoms in total. The van der Waals surface area contributed by atoms with Crippen molar-refractivity contribution in [2.45, 2.75) is 111 Å². The van der Waals surface area contributed by atoms with E-state index in [-0.39, 0.29) is 77.8 Å². The van der Waals surface area contributed by atoms with E-state index in [9.17, 15) is 44.4 Å². The smallest absolute Gasteiger partial charge is 0.341 e. The summed E-state index contributed by atoms with van der Waals surface area (Å²) >= 11 is 0. The number of carboxylic acids is 1. The number of aromatic carboxylic acids is 1. The van der Waals surface area contributed by atoms with Gasteiger partial charge in [-0.3, -0.25) is 33.2 Å². The molecule has 0 spiro atoms. The van der Waals surface area contributed by atoms with Gasteiger partial charge in [0.1, 0.15) is 34.6 Å².